The number of aromatic nitrogens is 1. The van der Waals surface area contributed by atoms with Crippen LogP contribution >= 0.6 is 15.9 Å². The van der Waals surface area contributed by atoms with Crippen LogP contribution in [-0.2, 0) is 0 Å². The summed E-state index contributed by atoms with van der Waals surface area (Å²) in [4.78, 5) is 3.23. The summed E-state index contributed by atoms with van der Waals surface area (Å²) in [6.45, 7) is 2.10. The molecule has 0 fully saturated rings. The lowest BCUT2D eigenvalue weighted by Crippen LogP contribution is -2.07. The first-order chi connectivity index (χ1) is 6.72. The zero-order valence-corrected chi connectivity index (χ0v) is 9.64. The SMILES string of the molecule is CC[C@H](N)c1c[nH]c2ccc(Br)cc12. The molecule has 3 N–H and O–H groups in total. The maximum absolute atomic E-state index is 6.02. The van der Waals surface area contributed by atoms with Crippen molar-refractivity contribution < 1.29 is 0 Å². The van der Waals surface area contributed by atoms with E-state index in [1.54, 1.807) is 0 Å². The van der Waals surface area contributed by atoms with Crippen LogP contribution in [0.2, 0.25) is 0 Å². The van der Waals surface area contributed by atoms with Crippen LogP contribution in [0.15, 0.2) is 28.9 Å². The topological polar surface area (TPSA) is 41.8 Å². The van der Waals surface area contributed by atoms with Gasteiger partial charge in [0.15, 0.2) is 0 Å². The van der Waals surface area contributed by atoms with E-state index >= 15 is 0 Å². The zero-order chi connectivity index (χ0) is 10.1. The van der Waals surface area contributed by atoms with Gasteiger partial charge in [0, 0.05) is 27.6 Å². The molecule has 0 saturated carbocycles. The van der Waals surface area contributed by atoms with Crippen molar-refractivity contribution in [1.82, 2.24) is 4.98 Å². The molecule has 1 aromatic carbocycles. The molecule has 1 heterocycles. The van der Waals surface area contributed by atoms with Gasteiger partial charge in [-0.2, -0.15) is 0 Å². The van der Waals surface area contributed by atoms with E-state index in [-0.39, 0.29) is 6.04 Å². The minimum Gasteiger partial charge on any atom is -0.361 e. The molecule has 2 rings (SSSR count). The lowest BCUT2D eigenvalue weighted by Gasteiger charge is -2.06. The van der Waals surface area contributed by atoms with Crippen molar-refractivity contribution in [2.45, 2.75) is 19.4 Å². The smallest absolute Gasteiger partial charge is 0.0458 e. The summed E-state index contributed by atoms with van der Waals surface area (Å²) < 4.78 is 1.09. The molecule has 0 amide bonds. The molecular weight excluding hydrogens is 240 g/mol. The van der Waals surface area contributed by atoms with E-state index in [9.17, 15) is 0 Å². The highest BCUT2D eigenvalue weighted by atomic mass is 79.9. The molecular formula is C11H13BrN2. The highest BCUT2D eigenvalue weighted by molar-refractivity contribution is 9.10. The second kappa shape index (κ2) is 3.75. The number of H-pyrrole nitrogens is 1. The highest BCUT2D eigenvalue weighted by Crippen LogP contribution is 2.27. The van der Waals surface area contributed by atoms with E-state index in [2.05, 4.69) is 40.0 Å². The Labute approximate surface area is 91.6 Å². The summed E-state index contributed by atoms with van der Waals surface area (Å²) in [6, 6.07) is 6.32. The van der Waals surface area contributed by atoms with E-state index in [0.29, 0.717) is 0 Å². The largest absolute Gasteiger partial charge is 0.361 e. The van der Waals surface area contributed by atoms with Crippen LogP contribution in [0.1, 0.15) is 24.9 Å². The first-order valence-corrected chi connectivity index (χ1v) is 5.53. The van der Waals surface area contributed by atoms with E-state index in [0.717, 1.165) is 16.4 Å². The molecule has 0 aliphatic carbocycles. The number of rotatable bonds is 2. The number of fused-ring (bicyclic) bond motifs is 1. The third kappa shape index (κ3) is 1.57. The third-order valence-corrected chi connectivity index (χ3v) is 3.01. The van der Waals surface area contributed by atoms with E-state index in [4.69, 9.17) is 5.73 Å². The number of aromatic amines is 1. The molecule has 1 aromatic heterocycles. The van der Waals surface area contributed by atoms with Gasteiger partial charge in [-0.25, -0.2) is 0 Å². The second-order valence-corrected chi connectivity index (χ2v) is 4.36. The number of halogens is 1. The summed E-state index contributed by atoms with van der Waals surface area (Å²) in [7, 11) is 0. The van der Waals surface area contributed by atoms with Crippen molar-refractivity contribution in [2.75, 3.05) is 0 Å². The molecule has 74 valence electrons. The van der Waals surface area contributed by atoms with Crippen molar-refractivity contribution >= 4 is 26.8 Å². The zero-order valence-electron chi connectivity index (χ0n) is 8.05. The van der Waals surface area contributed by atoms with E-state index < -0.39 is 0 Å². The van der Waals surface area contributed by atoms with Crippen LogP contribution in [0.5, 0.6) is 0 Å². The monoisotopic (exact) mass is 252 g/mol. The standard InChI is InChI=1S/C11H13BrN2/c1-2-10(13)9-6-14-11-4-3-7(12)5-8(9)11/h3-6,10,14H,2,13H2,1H3/t10-/m0/s1. The molecule has 0 unspecified atom stereocenters. The molecule has 0 aliphatic rings. The first kappa shape index (κ1) is 9.74. The Bertz CT molecular complexity index is 447. The van der Waals surface area contributed by atoms with Crippen LogP contribution in [-0.4, -0.2) is 4.98 Å². The van der Waals surface area contributed by atoms with Crippen LogP contribution in [0.25, 0.3) is 10.9 Å². The van der Waals surface area contributed by atoms with Crippen LogP contribution in [0.3, 0.4) is 0 Å². The van der Waals surface area contributed by atoms with E-state index in [1.165, 1.54) is 10.9 Å². The summed E-state index contributed by atoms with van der Waals surface area (Å²) in [5, 5.41) is 1.22. The summed E-state index contributed by atoms with van der Waals surface area (Å²) in [5.74, 6) is 0. The fraction of sp³-hybridized carbons (Fsp3) is 0.273. The fourth-order valence-corrected chi connectivity index (χ4v) is 2.00. The van der Waals surface area contributed by atoms with Crippen molar-refractivity contribution in [3.8, 4) is 0 Å². The molecule has 1 atom stereocenters. The van der Waals surface area contributed by atoms with Gasteiger partial charge in [0.25, 0.3) is 0 Å². The van der Waals surface area contributed by atoms with Gasteiger partial charge < -0.3 is 10.7 Å². The van der Waals surface area contributed by atoms with Gasteiger partial charge in [0.1, 0.15) is 0 Å². The maximum atomic E-state index is 6.02. The van der Waals surface area contributed by atoms with Crippen LogP contribution < -0.4 is 5.73 Å². The van der Waals surface area contributed by atoms with Crippen LogP contribution in [0.4, 0.5) is 0 Å². The summed E-state index contributed by atoms with van der Waals surface area (Å²) in [5.41, 5.74) is 8.36. The van der Waals surface area contributed by atoms with Gasteiger partial charge in [-0.3, -0.25) is 0 Å². The normalized spacial score (nSPS) is 13.4. The molecule has 0 saturated heterocycles. The Morgan fingerprint density at radius 3 is 3.00 bits per heavy atom. The average molecular weight is 253 g/mol. The number of benzene rings is 1. The molecule has 3 heteroatoms. The number of hydrogen-bond donors (Lipinski definition) is 2. The van der Waals surface area contributed by atoms with Gasteiger partial charge in [-0.15, -0.1) is 0 Å². The Morgan fingerprint density at radius 2 is 2.29 bits per heavy atom. The van der Waals surface area contributed by atoms with Crippen molar-refractivity contribution in [2.24, 2.45) is 5.73 Å². The third-order valence-electron chi connectivity index (χ3n) is 2.52. The quantitative estimate of drug-likeness (QED) is 0.846. The number of nitrogens with one attached hydrogen (secondary N) is 1. The molecule has 2 nitrogen and oxygen atoms in total. The van der Waals surface area contributed by atoms with E-state index in [1.807, 2.05) is 12.3 Å². The van der Waals surface area contributed by atoms with Gasteiger partial charge in [-0.05, 0) is 30.2 Å². The highest BCUT2D eigenvalue weighted by Gasteiger charge is 2.09. The summed E-state index contributed by atoms with van der Waals surface area (Å²) >= 11 is 3.47. The van der Waals surface area contributed by atoms with Gasteiger partial charge >= 0.3 is 0 Å². The Balaban J connectivity index is 2.61. The van der Waals surface area contributed by atoms with Crippen LogP contribution in [0, 0.1) is 0 Å². The minimum absolute atomic E-state index is 0.123. The lowest BCUT2D eigenvalue weighted by atomic mass is 10.0. The van der Waals surface area contributed by atoms with Crippen molar-refractivity contribution in [3.05, 3.63) is 34.4 Å². The fourth-order valence-electron chi connectivity index (χ4n) is 1.64. The van der Waals surface area contributed by atoms with Crippen molar-refractivity contribution in [3.63, 3.8) is 0 Å². The Hall–Kier alpha value is -0.800. The summed E-state index contributed by atoms with van der Waals surface area (Å²) in [6.07, 6.45) is 2.96. The van der Waals surface area contributed by atoms with Gasteiger partial charge in [0.2, 0.25) is 0 Å². The van der Waals surface area contributed by atoms with Gasteiger partial charge in [0.05, 0.1) is 0 Å². The average Bonchev–Trinajstić information content (AvgIpc) is 2.59. The second-order valence-electron chi connectivity index (χ2n) is 3.45. The molecule has 14 heavy (non-hydrogen) atoms. The predicted molar refractivity (Wildman–Crippen MR) is 63.2 cm³/mol. The molecule has 0 spiro atoms. The Kier molecular flexibility index (Phi) is 2.61. The molecule has 0 aliphatic heterocycles. The molecule has 0 radical (unpaired) electrons. The number of hydrogen-bond acceptors (Lipinski definition) is 1. The van der Waals surface area contributed by atoms with Gasteiger partial charge in [-0.1, -0.05) is 22.9 Å². The molecule has 2 aromatic rings. The minimum atomic E-state index is 0.123. The maximum Gasteiger partial charge on any atom is 0.0458 e. The lowest BCUT2D eigenvalue weighted by molar-refractivity contribution is 0.704. The van der Waals surface area contributed by atoms with Crippen molar-refractivity contribution in [1.29, 1.82) is 0 Å². The Morgan fingerprint density at radius 1 is 1.50 bits per heavy atom. The number of nitrogens with two attached hydrogens (primary N) is 1. The predicted octanol–water partition coefficient (Wildman–Crippen LogP) is 3.34. The molecule has 0 bridgehead atoms. The first-order valence-electron chi connectivity index (χ1n) is 4.74.